The smallest absolute Gasteiger partial charge is 0.410 e. The second-order valence-electron chi connectivity index (χ2n) is 8.87. The van der Waals surface area contributed by atoms with Crippen LogP contribution in [-0.4, -0.2) is 40.8 Å². The molecule has 3 aromatic rings. The molecular formula is C25H27FN2O3. The van der Waals surface area contributed by atoms with Crippen LogP contribution in [0.25, 0.3) is 22.0 Å². The second kappa shape index (κ2) is 8.53. The zero-order chi connectivity index (χ0) is 22.0. The highest BCUT2D eigenvalue weighted by atomic mass is 19.1. The topological polar surface area (TPSA) is 51.7 Å². The summed E-state index contributed by atoms with van der Waals surface area (Å²) in [5.41, 5.74) is 2.15. The van der Waals surface area contributed by atoms with Crippen molar-refractivity contribution in [3.8, 4) is 16.9 Å². The van der Waals surface area contributed by atoms with Crippen molar-refractivity contribution in [1.29, 1.82) is 0 Å². The fourth-order valence-corrected chi connectivity index (χ4v) is 3.65. The Bertz CT molecular complexity index is 1070. The zero-order valence-corrected chi connectivity index (χ0v) is 18.1. The van der Waals surface area contributed by atoms with Crippen LogP contribution in [0.3, 0.4) is 0 Å². The molecule has 2 aromatic carbocycles. The zero-order valence-electron chi connectivity index (χ0n) is 18.1. The number of carbonyl (C=O) groups is 1. The van der Waals surface area contributed by atoms with E-state index in [4.69, 9.17) is 9.47 Å². The van der Waals surface area contributed by atoms with Crippen molar-refractivity contribution in [2.75, 3.05) is 13.1 Å². The monoisotopic (exact) mass is 422 g/mol. The van der Waals surface area contributed by atoms with Crippen LogP contribution >= 0.6 is 0 Å². The van der Waals surface area contributed by atoms with Crippen LogP contribution < -0.4 is 4.74 Å². The quantitative estimate of drug-likeness (QED) is 0.534. The highest BCUT2D eigenvalue weighted by Crippen LogP contribution is 2.27. The fraction of sp³-hybridized carbons (Fsp3) is 0.360. The van der Waals surface area contributed by atoms with Gasteiger partial charge in [0.15, 0.2) is 0 Å². The maximum absolute atomic E-state index is 13.3. The number of fused-ring (bicyclic) bond motifs is 1. The van der Waals surface area contributed by atoms with E-state index in [2.05, 4.69) is 4.98 Å². The van der Waals surface area contributed by atoms with Crippen LogP contribution in [-0.2, 0) is 4.74 Å². The number of benzene rings is 2. The van der Waals surface area contributed by atoms with E-state index in [1.165, 1.54) is 12.1 Å². The van der Waals surface area contributed by atoms with Gasteiger partial charge >= 0.3 is 6.09 Å². The Hall–Kier alpha value is -3.15. The van der Waals surface area contributed by atoms with E-state index < -0.39 is 5.60 Å². The van der Waals surface area contributed by atoms with Crippen LogP contribution in [0.4, 0.5) is 9.18 Å². The Morgan fingerprint density at radius 3 is 2.42 bits per heavy atom. The number of piperidine rings is 1. The summed E-state index contributed by atoms with van der Waals surface area (Å²) < 4.78 is 24.9. The molecule has 2 heterocycles. The number of hydrogen-bond donors (Lipinski definition) is 0. The standard InChI is InChI=1S/C25H27FN2O3/c1-25(2,3)31-24(29)28-12-10-22(11-13-28)30-21-8-5-17(6-9-21)19-14-18-4-7-20(26)15-23(18)27-16-19/h4-9,14-16,22H,10-13H2,1-3H3. The molecule has 0 aliphatic carbocycles. The van der Waals surface area contributed by atoms with Gasteiger partial charge in [-0.15, -0.1) is 0 Å². The molecule has 1 aliphatic heterocycles. The van der Waals surface area contributed by atoms with Crippen molar-refractivity contribution in [3.05, 3.63) is 60.5 Å². The third kappa shape index (κ3) is 5.32. The van der Waals surface area contributed by atoms with E-state index in [-0.39, 0.29) is 18.0 Å². The number of carbonyl (C=O) groups excluding carboxylic acids is 1. The maximum atomic E-state index is 13.3. The van der Waals surface area contributed by atoms with Gasteiger partial charge in [0.05, 0.1) is 5.52 Å². The molecule has 1 saturated heterocycles. The van der Waals surface area contributed by atoms with Crippen LogP contribution in [0.15, 0.2) is 54.7 Å². The number of nitrogens with zero attached hydrogens (tertiary/aromatic N) is 2. The van der Waals surface area contributed by atoms with Crippen LogP contribution in [0.1, 0.15) is 33.6 Å². The molecule has 31 heavy (non-hydrogen) atoms. The van der Waals surface area contributed by atoms with E-state index in [0.717, 1.165) is 35.1 Å². The van der Waals surface area contributed by atoms with Gasteiger partial charge in [0, 0.05) is 49.1 Å². The van der Waals surface area contributed by atoms with E-state index >= 15 is 0 Å². The lowest BCUT2D eigenvalue weighted by atomic mass is 10.0. The number of likely N-dealkylation sites (tertiary alicyclic amines) is 1. The van der Waals surface area contributed by atoms with Crippen molar-refractivity contribution in [2.45, 2.75) is 45.3 Å². The van der Waals surface area contributed by atoms with Crippen LogP contribution in [0.5, 0.6) is 5.75 Å². The van der Waals surface area contributed by atoms with Gasteiger partial charge in [0.2, 0.25) is 0 Å². The SMILES string of the molecule is CC(C)(C)OC(=O)N1CCC(Oc2ccc(-c3cnc4cc(F)ccc4c3)cc2)CC1. The van der Waals surface area contributed by atoms with Gasteiger partial charge in [-0.2, -0.15) is 0 Å². The number of hydrogen-bond acceptors (Lipinski definition) is 4. The van der Waals surface area contributed by atoms with Crippen molar-refractivity contribution in [1.82, 2.24) is 9.88 Å². The lowest BCUT2D eigenvalue weighted by Gasteiger charge is -2.33. The predicted molar refractivity (Wildman–Crippen MR) is 119 cm³/mol. The Morgan fingerprint density at radius 2 is 1.74 bits per heavy atom. The number of aromatic nitrogens is 1. The number of rotatable bonds is 3. The molecule has 0 saturated carbocycles. The normalized spacial score (nSPS) is 15.2. The molecular weight excluding hydrogens is 395 g/mol. The summed E-state index contributed by atoms with van der Waals surface area (Å²) in [7, 11) is 0. The summed E-state index contributed by atoms with van der Waals surface area (Å²) in [5, 5.41) is 0.899. The van der Waals surface area contributed by atoms with E-state index in [1.54, 1.807) is 17.2 Å². The minimum absolute atomic E-state index is 0.0711. The summed E-state index contributed by atoms with van der Waals surface area (Å²) in [6.07, 6.45) is 3.10. The Labute approximate surface area is 181 Å². The number of amides is 1. The van der Waals surface area contributed by atoms with E-state index in [0.29, 0.717) is 18.6 Å². The number of pyridine rings is 1. The molecule has 6 heteroatoms. The first-order chi connectivity index (χ1) is 14.8. The first-order valence-corrected chi connectivity index (χ1v) is 10.6. The molecule has 1 aliphatic rings. The summed E-state index contributed by atoms with van der Waals surface area (Å²) in [6, 6.07) is 14.5. The molecule has 0 bridgehead atoms. The summed E-state index contributed by atoms with van der Waals surface area (Å²) in [6.45, 7) is 6.87. The number of ether oxygens (including phenoxy) is 2. The van der Waals surface area contributed by atoms with Crippen molar-refractivity contribution in [3.63, 3.8) is 0 Å². The third-order valence-electron chi connectivity index (χ3n) is 5.23. The highest BCUT2D eigenvalue weighted by Gasteiger charge is 2.27. The minimum atomic E-state index is -0.483. The molecule has 0 unspecified atom stereocenters. The van der Waals surface area contributed by atoms with E-state index in [1.807, 2.05) is 51.1 Å². The third-order valence-corrected chi connectivity index (χ3v) is 5.23. The van der Waals surface area contributed by atoms with Crippen molar-refractivity contribution >= 4 is 17.0 Å². The molecule has 162 valence electrons. The maximum Gasteiger partial charge on any atom is 0.410 e. The first kappa shape index (κ1) is 21.1. The van der Waals surface area contributed by atoms with Gasteiger partial charge in [-0.05, 0) is 56.7 Å². The molecule has 0 N–H and O–H groups in total. The average molecular weight is 423 g/mol. The summed E-state index contributed by atoms with van der Waals surface area (Å²) in [4.78, 5) is 18.3. The summed E-state index contributed by atoms with van der Waals surface area (Å²) in [5.74, 6) is 0.515. The highest BCUT2D eigenvalue weighted by molar-refractivity contribution is 5.83. The van der Waals surface area contributed by atoms with Gasteiger partial charge in [0.25, 0.3) is 0 Å². The second-order valence-corrected chi connectivity index (χ2v) is 8.87. The van der Waals surface area contributed by atoms with Gasteiger partial charge in [-0.25, -0.2) is 9.18 Å². The Morgan fingerprint density at radius 1 is 1.03 bits per heavy atom. The van der Waals surface area contributed by atoms with E-state index in [9.17, 15) is 9.18 Å². The Kier molecular flexibility index (Phi) is 5.81. The molecule has 4 rings (SSSR count). The van der Waals surface area contributed by atoms with Crippen LogP contribution in [0.2, 0.25) is 0 Å². The van der Waals surface area contributed by atoms with Crippen LogP contribution in [0, 0.1) is 5.82 Å². The lowest BCUT2D eigenvalue weighted by Crippen LogP contribution is -2.44. The van der Waals surface area contributed by atoms with Crippen molar-refractivity contribution < 1.29 is 18.7 Å². The average Bonchev–Trinajstić information content (AvgIpc) is 2.73. The number of halogens is 1. The molecule has 0 atom stereocenters. The lowest BCUT2D eigenvalue weighted by molar-refractivity contribution is 0.0126. The van der Waals surface area contributed by atoms with Gasteiger partial charge in [-0.3, -0.25) is 4.98 Å². The van der Waals surface area contributed by atoms with Crippen molar-refractivity contribution in [2.24, 2.45) is 0 Å². The minimum Gasteiger partial charge on any atom is -0.490 e. The van der Waals surface area contributed by atoms with Gasteiger partial charge in [-0.1, -0.05) is 12.1 Å². The Balaban J connectivity index is 1.35. The molecule has 5 nitrogen and oxygen atoms in total. The molecule has 0 radical (unpaired) electrons. The first-order valence-electron chi connectivity index (χ1n) is 10.6. The van der Waals surface area contributed by atoms with Gasteiger partial charge in [0.1, 0.15) is 23.3 Å². The largest absolute Gasteiger partial charge is 0.490 e. The molecule has 1 aromatic heterocycles. The van der Waals surface area contributed by atoms with Gasteiger partial charge < -0.3 is 14.4 Å². The predicted octanol–water partition coefficient (Wildman–Crippen LogP) is 5.82. The fourth-order valence-electron chi connectivity index (χ4n) is 3.65. The molecule has 1 fully saturated rings. The molecule has 0 spiro atoms. The molecule has 1 amide bonds. The summed E-state index contributed by atoms with van der Waals surface area (Å²) >= 11 is 0.